The highest BCUT2D eigenvalue weighted by atomic mass is 127. The first-order valence-electron chi connectivity index (χ1n) is 7.56. The Kier molecular flexibility index (Phi) is 5.71. The molecule has 5 nitrogen and oxygen atoms in total. The lowest BCUT2D eigenvalue weighted by molar-refractivity contribution is 0.123. The lowest BCUT2D eigenvalue weighted by Gasteiger charge is -2.09. The van der Waals surface area contributed by atoms with Gasteiger partial charge in [0.05, 0.1) is 4.90 Å². The minimum absolute atomic E-state index is 0.0595. The third-order valence-corrected chi connectivity index (χ3v) is 5.73. The molecule has 0 amide bonds. The second-order valence-electron chi connectivity index (χ2n) is 5.77. The molecule has 3 rings (SSSR count). The van der Waals surface area contributed by atoms with Gasteiger partial charge in [-0.25, -0.2) is 18.5 Å². The molecule has 2 N–H and O–H groups in total. The molecule has 1 aromatic heterocycles. The summed E-state index contributed by atoms with van der Waals surface area (Å²) in [6.07, 6.45) is 1.30. The molecule has 0 unspecified atom stereocenters. The Morgan fingerprint density at radius 3 is 2.41 bits per heavy atom. The van der Waals surface area contributed by atoms with Crippen molar-refractivity contribution in [3.63, 3.8) is 0 Å². The molecule has 27 heavy (non-hydrogen) atoms. The third kappa shape index (κ3) is 4.92. The highest BCUT2D eigenvalue weighted by Gasteiger charge is 2.31. The number of hydrogen-bond acceptors (Lipinski definition) is 3. The van der Waals surface area contributed by atoms with E-state index in [1.165, 1.54) is 30.5 Å². The maximum absolute atomic E-state index is 13.8. The molecule has 0 fully saturated rings. The van der Waals surface area contributed by atoms with Gasteiger partial charge in [-0.1, -0.05) is 28.1 Å². The van der Waals surface area contributed by atoms with Crippen molar-refractivity contribution in [2.24, 2.45) is 5.14 Å². The van der Waals surface area contributed by atoms with Crippen LogP contribution in [0.1, 0.15) is 11.3 Å². The summed E-state index contributed by atoms with van der Waals surface area (Å²) in [5, 5.41) is 5.10. The van der Waals surface area contributed by atoms with Gasteiger partial charge in [-0.05, 0) is 42.0 Å². The number of benzene rings is 2. The molecule has 0 bridgehead atoms. The number of primary sulfonamides is 1. The standard InChI is InChI=1S/C17H13BrF2IN3O2S/c18-13-3-1-2-11(8-13)9-24-10-15(17(19,20)21)23-16(24)12-4-6-14(7-5-12)27(22,25)26/h1-8,10H,9H2,(H2,22,25,26). The van der Waals surface area contributed by atoms with E-state index in [0.29, 0.717) is 17.9 Å². The van der Waals surface area contributed by atoms with Crippen molar-refractivity contribution >= 4 is 48.5 Å². The Morgan fingerprint density at radius 2 is 1.85 bits per heavy atom. The van der Waals surface area contributed by atoms with Crippen LogP contribution < -0.4 is 5.14 Å². The van der Waals surface area contributed by atoms with Crippen LogP contribution in [0.25, 0.3) is 11.4 Å². The van der Waals surface area contributed by atoms with Gasteiger partial charge in [0, 0.05) is 45.4 Å². The SMILES string of the molecule is NS(=O)(=O)c1ccc(-c2nc(C(F)(F)I)cn2Cc2cccc(Br)c2)cc1. The molecule has 3 aromatic rings. The summed E-state index contributed by atoms with van der Waals surface area (Å²) in [7, 11) is -3.84. The maximum atomic E-state index is 13.8. The zero-order valence-electron chi connectivity index (χ0n) is 13.6. The van der Waals surface area contributed by atoms with E-state index in [9.17, 15) is 17.2 Å². The second-order valence-corrected chi connectivity index (χ2v) is 9.61. The minimum Gasteiger partial charge on any atom is -0.326 e. The average molecular weight is 568 g/mol. The van der Waals surface area contributed by atoms with Crippen LogP contribution in [-0.2, 0) is 20.5 Å². The molecule has 0 aliphatic rings. The summed E-state index contributed by atoms with van der Waals surface area (Å²) in [6, 6.07) is 13.1. The highest BCUT2D eigenvalue weighted by molar-refractivity contribution is 14.1. The van der Waals surface area contributed by atoms with Crippen molar-refractivity contribution in [3.05, 3.63) is 70.5 Å². The number of imidazole rings is 1. The van der Waals surface area contributed by atoms with Crippen molar-refractivity contribution in [2.75, 3.05) is 0 Å². The monoisotopic (exact) mass is 567 g/mol. The van der Waals surface area contributed by atoms with E-state index in [4.69, 9.17) is 5.14 Å². The first-order chi connectivity index (χ1) is 12.5. The normalized spacial score (nSPS) is 12.3. The molecule has 2 aromatic carbocycles. The Labute approximate surface area is 176 Å². The Morgan fingerprint density at radius 1 is 1.19 bits per heavy atom. The van der Waals surface area contributed by atoms with Crippen LogP contribution in [0.4, 0.5) is 8.78 Å². The summed E-state index contributed by atoms with van der Waals surface area (Å²) in [6.45, 7) is 0.325. The number of nitrogens with zero attached hydrogens (tertiary/aromatic N) is 2. The van der Waals surface area contributed by atoms with Gasteiger partial charge < -0.3 is 4.57 Å². The van der Waals surface area contributed by atoms with Crippen LogP contribution in [0.15, 0.2) is 64.1 Å². The first-order valence-corrected chi connectivity index (χ1v) is 11.0. The van der Waals surface area contributed by atoms with Crippen molar-refractivity contribution in [3.8, 4) is 11.4 Å². The lowest BCUT2D eigenvalue weighted by Crippen LogP contribution is -2.11. The molecule has 142 valence electrons. The van der Waals surface area contributed by atoms with Crippen LogP contribution in [0, 0.1) is 0 Å². The molecular formula is C17H13BrF2IN3O2S. The van der Waals surface area contributed by atoms with Gasteiger partial charge in [0.2, 0.25) is 10.0 Å². The summed E-state index contributed by atoms with van der Waals surface area (Å²) in [5.74, 6) is 0.308. The van der Waals surface area contributed by atoms with Gasteiger partial charge in [0.1, 0.15) is 11.5 Å². The number of nitrogens with two attached hydrogens (primary N) is 1. The van der Waals surface area contributed by atoms with Crippen molar-refractivity contribution < 1.29 is 17.2 Å². The smallest absolute Gasteiger partial charge is 0.326 e. The molecule has 0 aliphatic heterocycles. The third-order valence-electron chi connectivity index (χ3n) is 3.75. The molecule has 0 saturated carbocycles. The lowest BCUT2D eigenvalue weighted by atomic mass is 10.2. The molecule has 0 radical (unpaired) electrons. The average Bonchev–Trinajstić information content (AvgIpc) is 2.98. The van der Waals surface area contributed by atoms with Crippen LogP contribution in [0.5, 0.6) is 0 Å². The topological polar surface area (TPSA) is 78.0 Å². The number of rotatable bonds is 5. The maximum Gasteiger partial charge on any atom is 0.339 e. The van der Waals surface area contributed by atoms with E-state index in [-0.39, 0.29) is 10.6 Å². The fourth-order valence-corrected chi connectivity index (χ4v) is 3.75. The quantitative estimate of drug-likeness (QED) is 0.364. The summed E-state index contributed by atoms with van der Waals surface area (Å²) >= 11 is 4.42. The van der Waals surface area contributed by atoms with Crippen LogP contribution in [0.2, 0.25) is 0 Å². The number of hydrogen-bond donors (Lipinski definition) is 1. The molecular weight excluding hydrogens is 555 g/mol. The zero-order chi connectivity index (χ0) is 19.8. The fourth-order valence-electron chi connectivity index (χ4n) is 2.53. The Hall–Kier alpha value is -1.37. The zero-order valence-corrected chi connectivity index (χ0v) is 18.2. The Balaban J connectivity index is 2.06. The number of halogens is 4. The van der Waals surface area contributed by atoms with Crippen molar-refractivity contribution in [1.29, 1.82) is 0 Å². The van der Waals surface area contributed by atoms with Gasteiger partial charge in [0.25, 0.3) is 0 Å². The van der Waals surface area contributed by atoms with Crippen LogP contribution in [0.3, 0.4) is 0 Å². The van der Waals surface area contributed by atoms with E-state index in [2.05, 4.69) is 20.9 Å². The Bertz CT molecular complexity index is 1080. The van der Waals surface area contributed by atoms with E-state index in [1.54, 1.807) is 4.57 Å². The predicted octanol–water partition coefficient (Wildman–Crippen LogP) is 4.49. The van der Waals surface area contributed by atoms with Gasteiger partial charge in [-0.15, -0.1) is 0 Å². The van der Waals surface area contributed by atoms with E-state index in [1.807, 2.05) is 24.3 Å². The van der Waals surface area contributed by atoms with E-state index < -0.39 is 14.0 Å². The summed E-state index contributed by atoms with van der Waals surface area (Å²) < 4.78 is 49.8. The number of aromatic nitrogens is 2. The highest BCUT2D eigenvalue weighted by Crippen LogP contribution is 2.36. The van der Waals surface area contributed by atoms with Crippen molar-refractivity contribution in [1.82, 2.24) is 9.55 Å². The van der Waals surface area contributed by atoms with Crippen LogP contribution >= 0.6 is 38.5 Å². The minimum atomic E-state index is -3.84. The second kappa shape index (κ2) is 7.57. The summed E-state index contributed by atoms with van der Waals surface area (Å²) in [5.41, 5.74) is 1.03. The van der Waals surface area contributed by atoms with E-state index >= 15 is 0 Å². The summed E-state index contributed by atoms with van der Waals surface area (Å²) in [4.78, 5) is 4.02. The predicted molar refractivity (Wildman–Crippen MR) is 110 cm³/mol. The van der Waals surface area contributed by atoms with Crippen LogP contribution in [-0.4, -0.2) is 18.0 Å². The molecule has 0 spiro atoms. The molecule has 0 saturated heterocycles. The fraction of sp³-hybridized carbons (Fsp3) is 0.118. The molecule has 0 aliphatic carbocycles. The molecule has 1 heterocycles. The number of sulfonamides is 1. The van der Waals surface area contributed by atoms with Crippen molar-refractivity contribution in [2.45, 2.75) is 15.4 Å². The molecule has 10 heteroatoms. The van der Waals surface area contributed by atoms with Gasteiger partial charge in [0.15, 0.2) is 0 Å². The van der Waals surface area contributed by atoms with Gasteiger partial charge in [-0.3, -0.25) is 0 Å². The van der Waals surface area contributed by atoms with E-state index in [0.717, 1.165) is 32.6 Å². The molecule has 0 atom stereocenters. The largest absolute Gasteiger partial charge is 0.339 e. The number of alkyl halides is 3. The first kappa shape index (κ1) is 20.4. The van der Waals surface area contributed by atoms with Gasteiger partial charge >= 0.3 is 3.93 Å². The van der Waals surface area contributed by atoms with Gasteiger partial charge in [-0.2, -0.15) is 8.78 Å².